The third-order valence-corrected chi connectivity index (χ3v) is 5.47. The fourth-order valence-corrected chi connectivity index (χ4v) is 3.99. The molecule has 4 aromatic rings. The fourth-order valence-electron chi connectivity index (χ4n) is 3.99. The number of nitrogens with zero attached hydrogens (tertiary/aromatic N) is 5. The Kier molecular flexibility index (Phi) is 3.83. The second-order valence-corrected chi connectivity index (χ2v) is 7.30. The maximum absolute atomic E-state index is 5.07. The number of anilines is 1. The lowest BCUT2D eigenvalue weighted by molar-refractivity contribution is 0.312. The van der Waals surface area contributed by atoms with Gasteiger partial charge in [-0.3, -0.25) is 0 Å². The molecule has 0 atom stereocenters. The van der Waals surface area contributed by atoms with Crippen LogP contribution in [-0.2, 0) is 0 Å². The average Bonchev–Trinajstić information content (AvgIpc) is 3.07. The van der Waals surface area contributed by atoms with Gasteiger partial charge in [0.2, 0.25) is 0 Å². The molecule has 0 spiro atoms. The average molecular weight is 357 g/mol. The van der Waals surface area contributed by atoms with Crippen LogP contribution < -0.4 is 4.90 Å². The van der Waals surface area contributed by atoms with E-state index in [0.29, 0.717) is 0 Å². The number of para-hydroxylation sites is 2. The van der Waals surface area contributed by atoms with Crippen molar-refractivity contribution >= 4 is 27.6 Å². The Labute approximate surface area is 158 Å². The molecule has 0 unspecified atom stereocenters. The number of rotatable bonds is 2. The third kappa shape index (κ3) is 2.66. The lowest BCUT2D eigenvalue weighted by atomic mass is 10.1. The fraction of sp³-hybridized carbons (Fsp3) is 0.273. The van der Waals surface area contributed by atoms with Gasteiger partial charge in [0.05, 0.1) is 27.8 Å². The highest BCUT2D eigenvalue weighted by molar-refractivity contribution is 6.10. The van der Waals surface area contributed by atoms with E-state index in [9.17, 15) is 0 Å². The van der Waals surface area contributed by atoms with E-state index in [1.54, 1.807) is 0 Å². The summed E-state index contributed by atoms with van der Waals surface area (Å²) in [5, 5.41) is 7.24. The van der Waals surface area contributed by atoms with Crippen molar-refractivity contribution in [3.63, 3.8) is 0 Å². The minimum absolute atomic E-state index is 0.993. The van der Waals surface area contributed by atoms with Crippen molar-refractivity contribution < 1.29 is 0 Å². The third-order valence-electron chi connectivity index (χ3n) is 5.47. The van der Waals surface area contributed by atoms with Gasteiger partial charge in [0, 0.05) is 31.6 Å². The van der Waals surface area contributed by atoms with E-state index in [0.717, 1.165) is 59.8 Å². The number of fused-ring (bicyclic) bond motifs is 3. The van der Waals surface area contributed by atoms with Crippen molar-refractivity contribution in [3.05, 3.63) is 60.3 Å². The minimum atomic E-state index is 0.993. The molecule has 1 saturated heterocycles. The zero-order chi connectivity index (χ0) is 18.4. The number of hydrogen-bond donors (Lipinski definition) is 0. The molecule has 0 amide bonds. The van der Waals surface area contributed by atoms with Crippen LogP contribution in [-0.4, -0.2) is 52.9 Å². The van der Waals surface area contributed by atoms with Gasteiger partial charge < -0.3 is 9.80 Å². The lowest BCUT2D eigenvalue weighted by Crippen LogP contribution is -2.44. The maximum atomic E-state index is 5.07. The van der Waals surface area contributed by atoms with E-state index in [1.807, 2.05) is 6.07 Å². The Balaban J connectivity index is 1.82. The summed E-state index contributed by atoms with van der Waals surface area (Å²) in [6, 6.07) is 18.8. The van der Waals surface area contributed by atoms with Crippen LogP contribution in [0, 0.1) is 6.92 Å². The molecule has 5 rings (SSSR count). The van der Waals surface area contributed by atoms with Crippen LogP contribution >= 0.6 is 0 Å². The second-order valence-electron chi connectivity index (χ2n) is 7.30. The molecular formula is C22H23N5. The molecule has 1 fully saturated rings. The lowest BCUT2D eigenvalue weighted by Gasteiger charge is -2.33. The molecule has 5 nitrogen and oxygen atoms in total. The van der Waals surface area contributed by atoms with E-state index >= 15 is 0 Å². The smallest absolute Gasteiger partial charge is 0.140 e. The molecule has 1 aliphatic rings. The molecule has 0 N–H and O–H groups in total. The highest BCUT2D eigenvalue weighted by Crippen LogP contribution is 2.35. The predicted molar refractivity (Wildman–Crippen MR) is 111 cm³/mol. The van der Waals surface area contributed by atoms with Gasteiger partial charge in [0.15, 0.2) is 0 Å². The van der Waals surface area contributed by atoms with Gasteiger partial charge in [0.1, 0.15) is 5.82 Å². The van der Waals surface area contributed by atoms with E-state index in [1.165, 1.54) is 5.39 Å². The molecule has 0 aliphatic carbocycles. The van der Waals surface area contributed by atoms with Crippen LogP contribution in [0.5, 0.6) is 0 Å². The minimum Gasteiger partial charge on any atom is -0.353 e. The first-order chi connectivity index (χ1) is 13.2. The van der Waals surface area contributed by atoms with Crippen LogP contribution in [0.4, 0.5) is 5.82 Å². The predicted octanol–water partition coefficient (Wildman–Crippen LogP) is 3.63. The van der Waals surface area contributed by atoms with Crippen LogP contribution in [0.2, 0.25) is 0 Å². The van der Waals surface area contributed by atoms with Crippen LogP contribution in [0.25, 0.3) is 27.5 Å². The Morgan fingerprint density at radius 3 is 2.33 bits per heavy atom. The summed E-state index contributed by atoms with van der Waals surface area (Å²) in [7, 11) is 2.18. The first-order valence-corrected chi connectivity index (χ1v) is 9.49. The summed E-state index contributed by atoms with van der Waals surface area (Å²) in [5.74, 6) is 1.07. The van der Waals surface area contributed by atoms with Gasteiger partial charge in [-0.1, -0.05) is 36.4 Å². The van der Waals surface area contributed by atoms with E-state index < -0.39 is 0 Å². The first-order valence-electron chi connectivity index (χ1n) is 9.49. The number of pyridine rings is 1. The Hall–Kier alpha value is -2.92. The summed E-state index contributed by atoms with van der Waals surface area (Å²) in [4.78, 5) is 9.86. The number of aromatic nitrogens is 3. The molecule has 1 aliphatic heterocycles. The molecule has 0 saturated carbocycles. The topological polar surface area (TPSA) is 37.2 Å². The standard InChI is InChI=1S/C22H23N5/c1-16-20-21(27(24-16)17-8-4-3-5-9-17)18-10-6-7-11-19(18)23-22(20)26-14-12-25(2)13-15-26/h3-11H,12-15H2,1-2H3. The monoisotopic (exact) mass is 357 g/mol. The van der Waals surface area contributed by atoms with Crippen molar-refractivity contribution in [2.45, 2.75) is 6.92 Å². The maximum Gasteiger partial charge on any atom is 0.140 e. The summed E-state index contributed by atoms with van der Waals surface area (Å²) in [6.45, 7) is 6.20. The van der Waals surface area contributed by atoms with Crippen molar-refractivity contribution in [1.29, 1.82) is 0 Å². The molecule has 27 heavy (non-hydrogen) atoms. The number of benzene rings is 2. The van der Waals surface area contributed by atoms with Crippen LogP contribution in [0.1, 0.15) is 5.69 Å². The first kappa shape index (κ1) is 16.3. The van der Waals surface area contributed by atoms with Crippen molar-refractivity contribution in [3.8, 4) is 5.69 Å². The van der Waals surface area contributed by atoms with Gasteiger partial charge in [-0.05, 0) is 32.2 Å². The van der Waals surface area contributed by atoms with Gasteiger partial charge in [0.25, 0.3) is 0 Å². The van der Waals surface area contributed by atoms with Gasteiger partial charge in [-0.2, -0.15) is 5.10 Å². The molecule has 0 bridgehead atoms. The number of likely N-dealkylation sites (N-methyl/N-ethyl adjacent to an activating group) is 1. The van der Waals surface area contributed by atoms with Crippen molar-refractivity contribution in [1.82, 2.24) is 19.7 Å². The SMILES string of the molecule is Cc1nn(-c2ccccc2)c2c1c(N1CCN(C)CC1)nc1ccccc12. The number of aryl methyl sites for hydroxylation is 1. The van der Waals surface area contributed by atoms with Gasteiger partial charge >= 0.3 is 0 Å². The zero-order valence-corrected chi connectivity index (χ0v) is 15.8. The van der Waals surface area contributed by atoms with Crippen molar-refractivity contribution in [2.75, 3.05) is 38.1 Å². The van der Waals surface area contributed by atoms with Crippen molar-refractivity contribution in [2.24, 2.45) is 0 Å². The Bertz CT molecular complexity index is 1110. The molecule has 136 valence electrons. The van der Waals surface area contributed by atoms with Gasteiger partial charge in [-0.25, -0.2) is 9.67 Å². The molecule has 2 aromatic carbocycles. The number of hydrogen-bond acceptors (Lipinski definition) is 4. The van der Waals surface area contributed by atoms with E-state index in [2.05, 4.69) is 77.0 Å². The highest BCUT2D eigenvalue weighted by Gasteiger charge is 2.23. The summed E-state index contributed by atoms with van der Waals surface area (Å²) < 4.78 is 2.08. The molecule has 5 heteroatoms. The second kappa shape index (κ2) is 6.35. The zero-order valence-electron chi connectivity index (χ0n) is 15.8. The van der Waals surface area contributed by atoms with E-state index in [-0.39, 0.29) is 0 Å². The molecular weight excluding hydrogens is 334 g/mol. The largest absolute Gasteiger partial charge is 0.353 e. The summed E-state index contributed by atoms with van der Waals surface area (Å²) in [5.41, 5.74) is 4.28. The highest BCUT2D eigenvalue weighted by atomic mass is 15.3. The Morgan fingerprint density at radius 2 is 1.56 bits per heavy atom. The van der Waals surface area contributed by atoms with Crippen LogP contribution in [0.15, 0.2) is 54.6 Å². The van der Waals surface area contributed by atoms with Crippen LogP contribution in [0.3, 0.4) is 0 Å². The summed E-state index contributed by atoms with van der Waals surface area (Å²) >= 11 is 0. The normalized spacial score (nSPS) is 15.7. The Morgan fingerprint density at radius 1 is 0.852 bits per heavy atom. The van der Waals surface area contributed by atoms with E-state index in [4.69, 9.17) is 10.1 Å². The van der Waals surface area contributed by atoms with Gasteiger partial charge in [-0.15, -0.1) is 0 Å². The molecule has 0 radical (unpaired) electrons. The molecule has 3 heterocycles. The quantitative estimate of drug-likeness (QED) is 0.549. The summed E-state index contributed by atoms with van der Waals surface area (Å²) in [6.07, 6.45) is 0. The molecule has 2 aromatic heterocycles. The number of piperazine rings is 1.